The van der Waals surface area contributed by atoms with Gasteiger partial charge in [0.1, 0.15) is 4.21 Å². The highest BCUT2D eigenvalue weighted by Gasteiger charge is 2.27. The van der Waals surface area contributed by atoms with Crippen molar-refractivity contribution in [2.75, 3.05) is 33.9 Å². The van der Waals surface area contributed by atoms with Crippen LogP contribution in [-0.2, 0) is 21.3 Å². The number of ether oxygens (including phenoxy) is 1. The number of nitrogens with zero attached hydrogens (tertiary/aromatic N) is 1. The third-order valence-electron chi connectivity index (χ3n) is 3.18. The highest BCUT2D eigenvalue weighted by atomic mass is 32.2. The number of thiophene rings is 1. The van der Waals surface area contributed by atoms with Crippen molar-refractivity contribution in [3.8, 4) is 0 Å². The van der Waals surface area contributed by atoms with Crippen molar-refractivity contribution >= 4 is 21.4 Å². The summed E-state index contributed by atoms with van der Waals surface area (Å²) in [6.45, 7) is 2.23. The standard InChI is InChI=1S/C13H20N2O3S2/c1-14-9-12-3-4-13(19-12)20(16,17)15-7-5-11(6-8-15)10-18-2/h3-5,14H,6-10H2,1-2H3. The summed E-state index contributed by atoms with van der Waals surface area (Å²) in [4.78, 5) is 1.03. The summed E-state index contributed by atoms with van der Waals surface area (Å²) in [5.74, 6) is 0. The van der Waals surface area contributed by atoms with Crippen LogP contribution in [0.4, 0.5) is 0 Å². The summed E-state index contributed by atoms with van der Waals surface area (Å²) in [5, 5.41) is 3.03. The molecule has 20 heavy (non-hydrogen) atoms. The molecule has 0 unspecified atom stereocenters. The molecule has 0 saturated carbocycles. The van der Waals surface area contributed by atoms with Gasteiger partial charge in [0.2, 0.25) is 0 Å². The third-order valence-corrected chi connectivity index (χ3v) is 6.60. The topological polar surface area (TPSA) is 58.6 Å². The summed E-state index contributed by atoms with van der Waals surface area (Å²) in [7, 11) is 0.140. The minimum Gasteiger partial charge on any atom is -0.380 e. The molecule has 0 saturated heterocycles. The molecule has 1 aliphatic rings. The Labute approximate surface area is 124 Å². The van der Waals surface area contributed by atoms with Crippen LogP contribution in [0.2, 0.25) is 0 Å². The molecule has 0 amide bonds. The third kappa shape index (κ3) is 3.48. The second-order valence-electron chi connectivity index (χ2n) is 4.66. The molecule has 2 heterocycles. The Morgan fingerprint density at radius 2 is 2.25 bits per heavy atom. The van der Waals surface area contributed by atoms with Gasteiger partial charge < -0.3 is 10.1 Å². The molecule has 7 heteroatoms. The van der Waals surface area contributed by atoms with Gasteiger partial charge in [-0.05, 0) is 31.2 Å². The van der Waals surface area contributed by atoms with Crippen LogP contribution in [0.3, 0.4) is 0 Å². The van der Waals surface area contributed by atoms with Gasteiger partial charge in [0.15, 0.2) is 0 Å². The van der Waals surface area contributed by atoms with Crippen LogP contribution in [-0.4, -0.2) is 46.6 Å². The summed E-state index contributed by atoms with van der Waals surface area (Å²) in [6.07, 6.45) is 2.69. The Hall–Kier alpha value is -0.730. The predicted octanol–water partition coefficient (Wildman–Crippen LogP) is 1.43. The lowest BCUT2D eigenvalue weighted by Gasteiger charge is -2.25. The number of sulfonamides is 1. The van der Waals surface area contributed by atoms with Crippen LogP contribution in [0.25, 0.3) is 0 Å². The molecule has 2 rings (SSSR count). The van der Waals surface area contributed by atoms with Crippen molar-refractivity contribution in [1.82, 2.24) is 9.62 Å². The second kappa shape index (κ2) is 6.82. The van der Waals surface area contributed by atoms with Gasteiger partial charge in [-0.3, -0.25) is 0 Å². The summed E-state index contributed by atoms with van der Waals surface area (Å²) in [5.41, 5.74) is 1.17. The van der Waals surface area contributed by atoms with E-state index in [1.807, 2.05) is 19.2 Å². The zero-order chi connectivity index (χ0) is 14.6. The van der Waals surface area contributed by atoms with Crippen LogP contribution in [0.5, 0.6) is 0 Å². The molecule has 0 radical (unpaired) electrons. The van der Waals surface area contributed by atoms with Gasteiger partial charge in [-0.25, -0.2) is 8.42 Å². The molecular formula is C13H20N2O3S2. The van der Waals surface area contributed by atoms with Crippen molar-refractivity contribution < 1.29 is 13.2 Å². The van der Waals surface area contributed by atoms with Crippen molar-refractivity contribution in [3.05, 3.63) is 28.7 Å². The highest BCUT2D eigenvalue weighted by Crippen LogP contribution is 2.26. The summed E-state index contributed by atoms with van der Waals surface area (Å²) >= 11 is 1.33. The molecular weight excluding hydrogens is 296 g/mol. The van der Waals surface area contributed by atoms with Crippen LogP contribution < -0.4 is 5.32 Å². The Kier molecular flexibility index (Phi) is 5.34. The molecule has 1 N–H and O–H groups in total. The van der Waals surface area contributed by atoms with Crippen LogP contribution in [0, 0.1) is 0 Å². The van der Waals surface area contributed by atoms with E-state index >= 15 is 0 Å². The van der Waals surface area contributed by atoms with Crippen molar-refractivity contribution in [1.29, 1.82) is 0 Å². The first-order valence-electron chi connectivity index (χ1n) is 6.48. The minimum atomic E-state index is -3.36. The monoisotopic (exact) mass is 316 g/mol. The molecule has 0 bridgehead atoms. The number of hydrogen-bond donors (Lipinski definition) is 1. The fraction of sp³-hybridized carbons (Fsp3) is 0.538. The maximum atomic E-state index is 12.5. The van der Waals surface area contributed by atoms with Crippen molar-refractivity contribution in [2.24, 2.45) is 0 Å². The first-order valence-corrected chi connectivity index (χ1v) is 8.74. The smallest absolute Gasteiger partial charge is 0.252 e. The number of rotatable bonds is 6. The van der Waals surface area contributed by atoms with E-state index < -0.39 is 10.0 Å². The Balaban J connectivity index is 2.11. The molecule has 0 fully saturated rings. The van der Waals surface area contributed by atoms with E-state index in [2.05, 4.69) is 5.32 Å². The SMILES string of the molecule is CNCc1ccc(S(=O)(=O)N2CC=C(COC)CC2)s1. The van der Waals surface area contributed by atoms with E-state index in [9.17, 15) is 8.42 Å². The molecule has 0 atom stereocenters. The average molecular weight is 316 g/mol. The fourth-order valence-electron chi connectivity index (χ4n) is 2.12. The quantitative estimate of drug-likeness (QED) is 0.807. The number of methoxy groups -OCH3 is 1. The average Bonchev–Trinajstić information content (AvgIpc) is 2.90. The van der Waals surface area contributed by atoms with Gasteiger partial charge in [-0.1, -0.05) is 6.08 Å². The second-order valence-corrected chi connectivity index (χ2v) is 7.99. The molecule has 1 aliphatic heterocycles. The van der Waals surface area contributed by atoms with Gasteiger partial charge in [-0.2, -0.15) is 4.31 Å². The van der Waals surface area contributed by atoms with Gasteiger partial charge in [0.25, 0.3) is 10.0 Å². The maximum absolute atomic E-state index is 12.5. The van der Waals surface area contributed by atoms with Gasteiger partial charge in [-0.15, -0.1) is 11.3 Å². The molecule has 112 valence electrons. The van der Waals surface area contributed by atoms with Crippen LogP contribution in [0.15, 0.2) is 28.0 Å². The zero-order valence-corrected chi connectivity index (χ0v) is 13.4. The lowest BCUT2D eigenvalue weighted by molar-refractivity contribution is 0.219. The zero-order valence-electron chi connectivity index (χ0n) is 11.8. The normalized spacial score (nSPS) is 17.2. The molecule has 1 aromatic rings. The first kappa shape index (κ1) is 15.7. The van der Waals surface area contributed by atoms with Gasteiger partial charge >= 0.3 is 0 Å². The fourth-order valence-corrected chi connectivity index (χ4v) is 5.02. The lowest BCUT2D eigenvalue weighted by Crippen LogP contribution is -2.34. The van der Waals surface area contributed by atoms with Crippen LogP contribution >= 0.6 is 11.3 Å². The van der Waals surface area contributed by atoms with E-state index in [1.54, 1.807) is 13.2 Å². The van der Waals surface area contributed by atoms with E-state index in [0.29, 0.717) is 30.5 Å². The number of nitrogens with one attached hydrogen (secondary N) is 1. The first-order chi connectivity index (χ1) is 9.57. The van der Waals surface area contributed by atoms with Crippen LogP contribution in [0.1, 0.15) is 11.3 Å². The maximum Gasteiger partial charge on any atom is 0.252 e. The Morgan fingerprint density at radius 1 is 1.45 bits per heavy atom. The largest absolute Gasteiger partial charge is 0.380 e. The number of hydrogen-bond acceptors (Lipinski definition) is 5. The Bertz CT molecular complexity index is 578. The summed E-state index contributed by atoms with van der Waals surface area (Å²) in [6, 6.07) is 3.56. The minimum absolute atomic E-state index is 0.423. The molecule has 5 nitrogen and oxygen atoms in total. The lowest BCUT2D eigenvalue weighted by atomic mass is 10.1. The van der Waals surface area contributed by atoms with E-state index in [4.69, 9.17) is 4.74 Å². The molecule has 0 spiro atoms. The van der Waals surface area contributed by atoms with E-state index in [-0.39, 0.29) is 0 Å². The highest BCUT2D eigenvalue weighted by molar-refractivity contribution is 7.91. The summed E-state index contributed by atoms with van der Waals surface area (Å²) < 4.78 is 32.1. The van der Waals surface area contributed by atoms with Crippen molar-refractivity contribution in [2.45, 2.75) is 17.2 Å². The van der Waals surface area contributed by atoms with Gasteiger partial charge in [0, 0.05) is 31.6 Å². The van der Waals surface area contributed by atoms with E-state index in [0.717, 1.165) is 11.3 Å². The molecule has 0 aromatic carbocycles. The molecule has 1 aromatic heterocycles. The predicted molar refractivity (Wildman–Crippen MR) is 80.4 cm³/mol. The van der Waals surface area contributed by atoms with Crippen molar-refractivity contribution in [3.63, 3.8) is 0 Å². The Morgan fingerprint density at radius 3 is 2.85 bits per heavy atom. The van der Waals surface area contributed by atoms with Gasteiger partial charge in [0.05, 0.1) is 6.61 Å². The molecule has 0 aliphatic carbocycles. The van der Waals surface area contributed by atoms with E-state index in [1.165, 1.54) is 21.2 Å².